The van der Waals surface area contributed by atoms with E-state index in [0.717, 1.165) is 55.5 Å². The van der Waals surface area contributed by atoms with Crippen LogP contribution in [0.5, 0.6) is 5.75 Å². The van der Waals surface area contributed by atoms with Crippen molar-refractivity contribution in [1.29, 1.82) is 0 Å². The summed E-state index contributed by atoms with van der Waals surface area (Å²) in [6.45, 7) is 3.38. The molecule has 0 bridgehead atoms. The van der Waals surface area contributed by atoms with Gasteiger partial charge < -0.3 is 14.9 Å². The number of carboxylic acid groups (broad SMARTS) is 1. The van der Waals surface area contributed by atoms with E-state index >= 15 is 0 Å². The Morgan fingerprint density at radius 1 is 1.00 bits per heavy atom. The molecule has 1 aliphatic rings. The molecule has 2 N–H and O–H groups in total. The largest absolute Gasteiger partial charge is 0.508 e. The number of phenolic OH excluding ortho intramolecular Hbond substituents is 1. The highest BCUT2D eigenvalue weighted by Crippen LogP contribution is 2.37. The Bertz CT molecular complexity index is 1050. The molecular formula is C27H32N2O4. The number of ether oxygens (including phenoxy) is 1. The summed E-state index contributed by atoms with van der Waals surface area (Å²) in [4.78, 5) is 10.7. The lowest BCUT2D eigenvalue weighted by Crippen LogP contribution is -2.23. The molecule has 33 heavy (non-hydrogen) atoms. The summed E-state index contributed by atoms with van der Waals surface area (Å²) in [6.07, 6.45) is 5.19. The maximum Gasteiger partial charge on any atom is 0.329 e. The Morgan fingerprint density at radius 3 is 2.30 bits per heavy atom. The number of benzene rings is 2. The number of aromatic nitrogens is 2. The van der Waals surface area contributed by atoms with Crippen LogP contribution < -0.4 is 0 Å². The highest BCUT2D eigenvalue weighted by atomic mass is 16.5. The van der Waals surface area contributed by atoms with Crippen LogP contribution in [0.3, 0.4) is 0 Å². The zero-order valence-corrected chi connectivity index (χ0v) is 19.1. The van der Waals surface area contributed by atoms with E-state index < -0.39 is 5.97 Å². The van der Waals surface area contributed by atoms with E-state index in [2.05, 4.69) is 35.9 Å². The van der Waals surface area contributed by atoms with E-state index in [4.69, 9.17) is 14.9 Å². The highest BCUT2D eigenvalue weighted by molar-refractivity contribution is 5.83. The molecule has 6 heteroatoms. The van der Waals surface area contributed by atoms with Gasteiger partial charge in [-0.15, -0.1) is 0 Å². The standard InChI is InChI=1S/C27H32N2O4/c1-2-24-26(21-6-4-3-5-7-21)27(22-12-14-23(30)15-13-22)28-29(24)16-19-8-10-20(11-9-19)17-33-18-25(31)32/h3-7,12-15,19-20,30H,2,8-11,16-18H2,1H3,(H,31,32)/t19-,20+. The topological polar surface area (TPSA) is 84.6 Å². The molecule has 0 unspecified atom stereocenters. The number of carboxylic acids is 1. The molecular weight excluding hydrogens is 416 g/mol. The van der Waals surface area contributed by atoms with Crippen LogP contribution in [0.15, 0.2) is 54.6 Å². The Labute approximate surface area is 194 Å². The average molecular weight is 449 g/mol. The van der Waals surface area contributed by atoms with Crippen LogP contribution >= 0.6 is 0 Å². The number of nitrogens with zero attached hydrogens (tertiary/aromatic N) is 2. The lowest BCUT2D eigenvalue weighted by atomic mass is 9.82. The van der Waals surface area contributed by atoms with Gasteiger partial charge in [-0.05, 0) is 73.8 Å². The van der Waals surface area contributed by atoms with Crippen LogP contribution in [0, 0.1) is 11.8 Å². The first-order valence-electron chi connectivity index (χ1n) is 11.8. The predicted octanol–water partition coefficient (Wildman–Crippen LogP) is 5.39. The first-order chi connectivity index (χ1) is 16.0. The van der Waals surface area contributed by atoms with Gasteiger partial charge in [0.25, 0.3) is 0 Å². The van der Waals surface area contributed by atoms with Gasteiger partial charge in [-0.1, -0.05) is 37.3 Å². The molecule has 2 aromatic carbocycles. The van der Waals surface area contributed by atoms with E-state index in [1.807, 2.05) is 18.2 Å². The van der Waals surface area contributed by atoms with Gasteiger partial charge in [0.1, 0.15) is 18.1 Å². The van der Waals surface area contributed by atoms with Crippen LogP contribution in [0.1, 0.15) is 38.3 Å². The summed E-state index contributed by atoms with van der Waals surface area (Å²) in [5, 5.41) is 23.6. The third-order valence-corrected chi connectivity index (χ3v) is 6.57. The molecule has 0 aliphatic heterocycles. The minimum Gasteiger partial charge on any atom is -0.508 e. The summed E-state index contributed by atoms with van der Waals surface area (Å²) in [5.74, 6) is 0.325. The third-order valence-electron chi connectivity index (χ3n) is 6.57. The Kier molecular flexibility index (Phi) is 7.45. The zero-order valence-electron chi connectivity index (χ0n) is 19.1. The highest BCUT2D eigenvalue weighted by Gasteiger charge is 2.25. The summed E-state index contributed by atoms with van der Waals surface area (Å²) in [6, 6.07) is 17.7. The van der Waals surface area contributed by atoms with Crippen molar-refractivity contribution in [2.75, 3.05) is 13.2 Å². The molecule has 174 valence electrons. The SMILES string of the molecule is CCc1c(-c2ccccc2)c(-c2ccc(O)cc2)nn1C[C@H]1CC[C@@H](COCC(=O)O)CC1. The van der Waals surface area contributed by atoms with Crippen molar-refractivity contribution in [2.45, 2.75) is 45.6 Å². The van der Waals surface area contributed by atoms with Crippen LogP contribution in [-0.4, -0.2) is 39.2 Å². The van der Waals surface area contributed by atoms with Gasteiger partial charge >= 0.3 is 5.97 Å². The van der Waals surface area contributed by atoms with Crippen molar-refractivity contribution in [3.63, 3.8) is 0 Å². The van der Waals surface area contributed by atoms with Crippen molar-refractivity contribution in [3.05, 3.63) is 60.3 Å². The lowest BCUT2D eigenvalue weighted by Gasteiger charge is -2.28. The summed E-state index contributed by atoms with van der Waals surface area (Å²) in [5.41, 5.74) is 5.51. The van der Waals surface area contributed by atoms with E-state index in [9.17, 15) is 9.90 Å². The van der Waals surface area contributed by atoms with Gasteiger partial charge in [0.15, 0.2) is 0 Å². The smallest absolute Gasteiger partial charge is 0.329 e. The number of aromatic hydroxyl groups is 1. The van der Waals surface area contributed by atoms with Gasteiger partial charge in [0.2, 0.25) is 0 Å². The van der Waals surface area contributed by atoms with Crippen LogP contribution in [0.2, 0.25) is 0 Å². The van der Waals surface area contributed by atoms with Crippen LogP contribution in [0.25, 0.3) is 22.4 Å². The maximum absolute atomic E-state index is 10.7. The van der Waals surface area contributed by atoms with Crippen molar-refractivity contribution < 1.29 is 19.7 Å². The van der Waals surface area contributed by atoms with Gasteiger partial charge in [-0.3, -0.25) is 4.68 Å². The second kappa shape index (κ2) is 10.7. The van der Waals surface area contributed by atoms with Gasteiger partial charge in [0, 0.05) is 23.4 Å². The molecule has 1 aliphatic carbocycles. The number of rotatable bonds is 9. The minimum absolute atomic E-state index is 0.213. The molecule has 1 saturated carbocycles. The van der Waals surface area contributed by atoms with Crippen molar-refractivity contribution in [2.24, 2.45) is 11.8 Å². The summed E-state index contributed by atoms with van der Waals surface area (Å²) >= 11 is 0. The minimum atomic E-state index is -0.909. The Balaban J connectivity index is 1.55. The molecule has 6 nitrogen and oxygen atoms in total. The number of carbonyl (C=O) groups is 1. The number of phenols is 1. The van der Waals surface area contributed by atoms with E-state index in [1.165, 1.54) is 11.3 Å². The number of hydrogen-bond acceptors (Lipinski definition) is 4. The van der Waals surface area contributed by atoms with Crippen LogP contribution in [0.4, 0.5) is 0 Å². The molecule has 0 amide bonds. The Morgan fingerprint density at radius 2 is 1.67 bits per heavy atom. The third kappa shape index (κ3) is 5.63. The molecule has 0 saturated heterocycles. The first kappa shape index (κ1) is 23.1. The van der Waals surface area contributed by atoms with Crippen molar-refractivity contribution >= 4 is 5.97 Å². The molecule has 0 spiro atoms. The maximum atomic E-state index is 10.7. The first-order valence-corrected chi connectivity index (χ1v) is 11.8. The van der Waals surface area contributed by atoms with E-state index in [0.29, 0.717) is 18.4 Å². The molecule has 4 rings (SSSR count). The van der Waals surface area contributed by atoms with Crippen molar-refractivity contribution in [1.82, 2.24) is 9.78 Å². The fourth-order valence-corrected chi connectivity index (χ4v) is 4.87. The zero-order chi connectivity index (χ0) is 23.2. The number of aliphatic carboxylic acids is 1. The monoisotopic (exact) mass is 448 g/mol. The molecule has 1 fully saturated rings. The molecule has 0 atom stereocenters. The van der Waals surface area contributed by atoms with Gasteiger partial charge in [-0.25, -0.2) is 4.79 Å². The fourth-order valence-electron chi connectivity index (χ4n) is 4.87. The summed E-state index contributed by atoms with van der Waals surface area (Å²) in [7, 11) is 0. The quantitative estimate of drug-likeness (QED) is 0.458. The van der Waals surface area contributed by atoms with Crippen LogP contribution in [-0.2, 0) is 22.5 Å². The van der Waals surface area contributed by atoms with Crippen molar-refractivity contribution in [3.8, 4) is 28.1 Å². The normalized spacial score (nSPS) is 18.3. The fraction of sp³-hybridized carbons (Fsp3) is 0.407. The molecule has 1 heterocycles. The Hall–Kier alpha value is -3.12. The summed E-state index contributed by atoms with van der Waals surface area (Å²) < 4.78 is 7.51. The van der Waals surface area contributed by atoms with E-state index in [1.54, 1.807) is 12.1 Å². The van der Waals surface area contributed by atoms with Gasteiger partial charge in [0.05, 0.1) is 6.61 Å². The molecule has 1 aromatic heterocycles. The lowest BCUT2D eigenvalue weighted by molar-refractivity contribution is -0.142. The average Bonchev–Trinajstić information content (AvgIpc) is 3.19. The second-order valence-corrected chi connectivity index (χ2v) is 8.91. The van der Waals surface area contributed by atoms with E-state index in [-0.39, 0.29) is 12.4 Å². The van der Waals surface area contributed by atoms with Gasteiger partial charge in [-0.2, -0.15) is 5.10 Å². The second-order valence-electron chi connectivity index (χ2n) is 8.91. The molecule has 0 radical (unpaired) electrons. The molecule has 3 aromatic rings. The number of hydrogen-bond donors (Lipinski definition) is 2. The predicted molar refractivity (Wildman–Crippen MR) is 128 cm³/mol.